The molecule has 1 aromatic carbocycles. The quantitative estimate of drug-likeness (QED) is 0.856. The Morgan fingerprint density at radius 1 is 1.33 bits per heavy atom. The van der Waals surface area contributed by atoms with Gasteiger partial charge in [0.15, 0.2) is 17.3 Å². The molecular formula is C11H8F2N2O3. The molecular weight excluding hydrogens is 246 g/mol. The summed E-state index contributed by atoms with van der Waals surface area (Å²) in [4.78, 5) is 10.7. The largest absolute Gasteiger partial charge is 0.505 e. The van der Waals surface area contributed by atoms with Crippen molar-refractivity contribution >= 4 is 5.97 Å². The van der Waals surface area contributed by atoms with E-state index in [2.05, 4.69) is 5.10 Å². The Bertz CT molecular complexity index is 637. The second-order valence-electron chi connectivity index (χ2n) is 3.60. The van der Waals surface area contributed by atoms with Crippen LogP contribution in [0.3, 0.4) is 0 Å². The van der Waals surface area contributed by atoms with Crippen LogP contribution in [-0.4, -0.2) is 26.0 Å². The number of halogens is 2. The summed E-state index contributed by atoms with van der Waals surface area (Å²) in [7, 11) is 1.41. The number of aromatic carboxylic acids is 1. The summed E-state index contributed by atoms with van der Waals surface area (Å²) in [5, 5.41) is 21.4. The van der Waals surface area contributed by atoms with E-state index in [-0.39, 0.29) is 17.0 Å². The van der Waals surface area contributed by atoms with Gasteiger partial charge in [0.1, 0.15) is 0 Å². The van der Waals surface area contributed by atoms with Crippen molar-refractivity contribution in [1.82, 2.24) is 9.78 Å². The molecule has 0 aliphatic carbocycles. The highest BCUT2D eigenvalue weighted by atomic mass is 19.2. The third kappa shape index (κ3) is 1.79. The van der Waals surface area contributed by atoms with Gasteiger partial charge in [-0.1, -0.05) is 0 Å². The number of nitrogens with zero attached hydrogens (tertiary/aromatic N) is 2. The first-order valence-electron chi connectivity index (χ1n) is 4.86. The fourth-order valence-electron chi connectivity index (χ4n) is 1.56. The van der Waals surface area contributed by atoms with Gasteiger partial charge < -0.3 is 10.2 Å². The predicted molar refractivity (Wildman–Crippen MR) is 57.2 cm³/mol. The maximum atomic E-state index is 13.6. The molecule has 0 radical (unpaired) electrons. The molecule has 0 atom stereocenters. The van der Waals surface area contributed by atoms with Crippen LogP contribution in [0.25, 0.3) is 11.3 Å². The Labute approximate surface area is 99.9 Å². The molecule has 2 rings (SSSR count). The summed E-state index contributed by atoms with van der Waals surface area (Å²) in [5.41, 5.74) is -0.350. The van der Waals surface area contributed by atoms with E-state index >= 15 is 0 Å². The van der Waals surface area contributed by atoms with E-state index in [9.17, 15) is 13.6 Å². The van der Waals surface area contributed by atoms with E-state index in [1.54, 1.807) is 0 Å². The van der Waals surface area contributed by atoms with E-state index in [1.165, 1.54) is 7.05 Å². The maximum absolute atomic E-state index is 13.6. The lowest BCUT2D eigenvalue weighted by Gasteiger charge is -2.05. The number of carboxylic acid groups (broad SMARTS) is 1. The molecule has 5 nitrogen and oxygen atoms in total. The van der Waals surface area contributed by atoms with Crippen molar-refractivity contribution in [2.24, 2.45) is 7.05 Å². The van der Waals surface area contributed by atoms with Crippen molar-refractivity contribution in [3.63, 3.8) is 0 Å². The molecule has 2 aromatic rings. The minimum Gasteiger partial charge on any atom is -0.505 e. The zero-order valence-electron chi connectivity index (χ0n) is 9.19. The summed E-state index contributed by atoms with van der Waals surface area (Å²) in [6.07, 6.45) is 0. The lowest BCUT2D eigenvalue weighted by atomic mass is 10.1. The number of carbonyl (C=O) groups is 1. The third-order valence-corrected chi connectivity index (χ3v) is 2.44. The van der Waals surface area contributed by atoms with Crippen molar-refractivity contribution in [2.75, 3.05) is 0 Å². The average molecular weight is 254 g/mol. The number of aryl methyl sites for hydroxylation is 1. The smallest absolute Gasteiger partial charge is 0.356 e. The van der Waals surface area contributed by atoms with Gasteiger partial charge in [-0.3, -0.25) is 4.68 Å². The first-order chi connectivity index (χ1) is 8.41. The van der Waals surface area contributed by atoms with Crippen LogP contribution >= 0.6 is 0 Å². The Hall–Kier alpha value is -2.44. The van der Waals surface area contributed by atoms with Gasteiger partial charge in [-0.05, 0) is 18.2 Å². The fraction of sp³-hybridized carbons (Fsp3) is 0.0909. The summed E-state index contributed by atoms with van der Waals surface area (Å²) in [5.74, 6) is -4.71. The lowest BCUT2D eigenvalue weighted by Crippen LogP contribution is -2.00. The fourth-order valence-corrected chi connectivity index (χ4v) is 1.56. The van der Waals surface area contributed by atoms with E-state index < -0.39 is 23.4 Å². The van der Waals surface area contributed by atoms with Gasteiger partial charge >= 0.3 is 5.97 Å². The number of benzene rings is 1. The lowest BCUT2D eigenvalue weighted by molar-refractivity contribution is 0.0689. The topological polar surface area (TPSA) is 75.4 Å². The van der Waals surface area contributed by atoms with Gasteiger partial charge in [0.05, 0.1) is 5.69 Å². The van der Waals surface area contributed by atoms with Gasteiger partial charge in [0, 0.05) is 12.6 Å². The molecule has 0 bridgehead atoms. The molecule has 0 saturated heterocycles. The van der Waals surface area contributed by atoms with E-state index in [4.69, 9.17) is 10.2 Å². The summed E-state index contributed by atoms with van der Waals surface area (Å²) in [6.45, 7) is 0. The predicted octanol–water partition coefficient (Wildman–Crippen LogP) is 1.77. The molecule has 0 aliphatic rings. The van der Waals surface area contributed by atoms with Crippen LogP contribution in [0.5, 0.6) is 5.75 Å². The number of rotatable bonds is 2. The molecule has 18 heavy (non-hydrogen) atoms. The Morgan fingerprint density at radius 2 is 2.00 bits per heavy atom. The zero-order chi connectivity index (χ0) is 13.4. The second kappa shape index (κ2) is 4.10. The monoisotopic (exact) mass is 254 g/mol. The number of carboxylic acids is 1. The van der Waals surface area contributed by atoms with Crippen molar-refractivity contribution in [1.29, 1.82) is 0 Å². The molecule has 1 aromatic heterocycles. The van der Waals surface area contributed by atoms with Crippen LogP contribution in [0.4, 0.5) is 8.78 Å². The van der Waals surface area contributed by atoms with Gasteiger partial charge in [-0.15, -0.1) is 0 Å². The van der Waals surface area contributed by atoms with Crippen molar-refractivity contribution in [3.8, 4) is 17.0 Å². The van der Waals surface area contributed by atoms with Crippen LogP contribution in [0.1, 0.15) is 10.5 Å². The standard InChI is InChI=1S/C11H8F2N2O3/c1-15-7(4-6(14-15)11(17)18)5-2-3-8(16)10(13)9(5)12/h2-4,16H,1H3,(H,17,18). The average Bonchev–Trinajstić information content (AvgIpc) is 2.69. The summed E-state index contributed by atoms with van der Waals surface area (Å²) in [6, 6.07) is 3.26. The number of aromatic nitrogens is 2. The number of phenolic OH excluding ortho intramolecular Hbond substituents is 1. The number of phenols is 1. The maximum Gasteiger partial charge on any atom is 0.356 e. The van der Waals surface area contributed by atoms with Gasteiger partial charge in [0.2, 0.25) is 5.82 Å². The summed E-state index contributed by atoms with van der Waals surface area (Å²) < 4.78 is 27.9. The molecule has 94 valence electrons. The zero-order valence-corrected chi connectivity index (χ0v) is 9.19. The van der Waals surface area contributed by atoms with Crippen LogP contribution in [0, 0.1) is 11.6 Å². The van der Waals surface area contributed by atoms with Crippen molar-refractivity contribution < 1.29 is 23.8 Å². The first kappa shape index (κ1) is 12.0. The molecule has 7 heteroatoms. The highest BCUT2D eigenvalue weighted by Gasteiger charge is 2.19. The summed E-state index contributed by atoms with van der Waals surface area (Å²) >= 11 is 0. The third-order valence-electron chi connectivity index (χ3n) is 2.44. The van der Waals surface area contributed by atoms with Gasteiger partial charge in [0.25, 0.3) is 0 Å². The van der Waals surface area contributed by atoms with E-state index in [1.807, 2.05) is 0 Å². The van der Waals surface area contributed by atoms with Gasteiger partial charge in [-0.2, -0.15) is 9.49 Å². The minimum absolute atomic E-state index is 0.101. The van der Waals surface area contributed by atoms with Crippen molar-refractivity contribution in [2.45, 2.75) is 0 Å². The number of hydrogen-bond donors (Lipinski definition) is 2. The number of hydrogen-bond acceptors (Lipinski definition) is 3. The molecule has 0 aliphatic heterocycles. The Morgan fingerprint density at radius 3 is 2.56 bits per heavy atom. The van der Waals surface area contributed by atoms with E-state index in [0.29, 0.717) is 0 Å². The molecule has 0 fully saturated rings. The van der Waals surface area contributed by atoms with Crippen LogP contribution in [0.2, 0.25) is 0 Å². The first-order valence-corrected chi connectivity index (χ1v) is 4.86. The minimum atomic E-state index is -1.38. The molecule has 0 amide bonds. The molecule has 1 heterocycles. The number of aromatic hydroxyl groups is 1. The SMILES string of the molecule is Cn1nc(C(=O)O)cc1-c1ccc(O)c(F)c1F. The highest BCUT2D eigenvalue weighted by Crippen LogP contribution is 2.29. The van der Waals surface area contributed by atoms with Crippen LogP contribution in [-0.2, 0) is 7.05 Å². The van der Waals surface area contributed by atoms with Gasteiger partial charge in [-0.25, -0.2) is 9.18 Å². The second-order valence-corrected chi connectivity index (χ2v) is 3.60. The van der Waals surface area contributed by atoms with Crippen LogP contribution in [0.15, 0.2) is 18.2 Å². The normalized spacial score (nSPS) is 10.6. The highest BCUT2D eigenvalue weighted by molar-refractivity contribution is 5.87. The van der Waals surface area contributed by atoms with E-state index in [0.717, 1.165) is 22.9 Å². The molecule has 0 spiro atoms. The van der Waals surface area contributed by atoms with Crippen molar-refractivity contribution in [3.05, 3.63) is 35.5 Å². The molecule has 0 unspecified atom stereocenters. The Balaban J connectivity index is 2.62. The molecule has 0 saturated carbocycles. The van der Waals surface area contributed by atoms with Crippen LogP contribution < -0.4 is 0 Å². The Kier molecular flexibility index (Phi) is 2.74. The molecule has 2 N–H and O–H groups in total.